The van der Waals surface area contributed by atoms with Crippen molar-refractivity contribution in [3.8, 4) is 16.9 Å². The maximum Gasteiger partial charge on any atom is 0.304 e. The quantitative estimate of drug-likeness (QED) is 0.584. The lowest BCUT2D eigenvalue weighted by molar-refractivity contribution is -0.137. The SMILES string of the molecule is O=C(O)CC(c1cccc(-c2ccc(OCC3CC3)cc2)c1)c1nccs1. The van der Waals surface area contributed by atoms with E-state index in [-0.39, 0.29) is 12.3 Å². The van der Waals surface area contributed by atoms with Gasteiger partial charge in [-0.2, -0.15) is 0 Å². The Balaban J connectivity index is 1.56. The molecule has 1 N–H and O–H groups in total. The van der Waals surface area contributed by atoms with E-state index in [1.54, 1.807) is 6.20 Å². The summed E-state index contributed by atoms with van der Waals surface area (Å²) in [5.41, 5.74) is 3.12. The van der Waals surface area contributed by atoms with Gasteiger partial charge in [0, 0.05) is 17.5 Å². The minimum absolute atomic E-state index is 0.0326. The molecule has 0 aliphatic heterocycles. The van der Waals surface area contributed by atoms with E-state index in [1.165, 1.54) is 24.2 Å². The zero-order valence-corrected chi connectivity index (χ0v) is 15.7. The average molecular weight is 379 g/mol. The molecule has 4 rings (SSSR count). The molecule has 2 aromatic carbocycles. The first-order valence-corrected chi connectivity index (χ1v) is 10.0. The molecule has 3 aromatic rings. The van der Waals surface area contributed by atoms with E-state index in [1.807, 2.05) is 35.7 Å². The number of hydrogen-bond donors (Lipinski definition) is 1. The van der Waals surface area contributed by atoms with Crippen LogP contribution >= 0.6 is 11.3 Å². The monoisotopic (exact) mass is 379 g/mol. The molecule has 1 atom stereocenters. The van der Waals surface area contributed by atoms with Gasteiger partial charge in [0.1, 0.15) is 10.8 Å². The first-order chi connectivity index (χ1) is 13.2. The Labute approximate surface area is 162 Å². The number of thiazole rings is 1. The number of carboxylic acids is 1. The van der Waals surface area contributed by atoms with E-state index in [2.05, 4.69) is 23.2 Å². The third-order valence-electron chi connectivity index (χ3n) is 4.79. The van der Waals surface area contributed by atoms with Crippen LogP contribution in [0.5, 0.6) is 5.75 Å². The smallest absolute Gasteiger partial charge is 0.304 e. The number of nitrogens with zero attached hydrogens (tertiary/aromatic N) is 1. The second-order valence-electron chi connectivity index (χ2n) is 6.93. The van der Waals surface area contributed by atoms with Gasteiger partial charge < -0.3 is 9.84 Å². The normalized spacial score (nSPS) is 14.7. The van der Waals surface area contributed by atoms with Crippen LogP contribution in [0.15, 0.2) is 60.1 Å². The molecule has 1 aliphatic rings. The molecule has 0 spiro atoms. The number of aromatic nitrogens is 1. The fourth-order valence-electron chi connectivity index (χ4n) is 3.11. The van der Waals surface area contributed by atoms with Gasteiger partial charge in [-0.15, -0.1) is 11.3 Å². The largest absolute Gasteiger partial charge is 0.493 e. The Morgan fingerprint density at radius 3 is 2.67 bits per heavy atom. The van der Waals surface area contributed by atoms with Crippen molar-refractivity contribution in [3.63, 3.8) is 0 Å². The molecule has 5 heteroatoms. The second kappa shape index (κ2) is 7.92. The average Bonchev–Trinajstić information content (AvgIpc) is 3.36. The summed E-state index contributed by atoms with van der Waals surface area (Å²) in [5.74, 6) is 0.577. The minimum atomic E-state index is -0.822. The third kappa shape index (κ3) is 4.55. The van der Waals surface area contributed by atoms with E-state index in [0.717, 1.165) is 40.0 Å². The van der Waals surface area contributed by atoms with Crippen molar-refractivity contribution in [2.75, 3.05) is 6.61 Å². The number of aliphatic carboxylic acids is 1. The van der Waals surface area contributed by atoms with Gasteiger partial charge in [-0.1, -0.05) is 36.4 Å². The van der Waals surface area contributed by atoms with Crippen LogP contribution in [0.3, 0.4) is 0 Å². The lowest BCUT2D eigenvalue weighted by Gasteiger charge is -2.14. The molecule has 0 bridgehead atoms. The highest BCUT2D eigenvalue weighted by molar-refractivity contribution is 7.09. The maximum absolute atomic E-state index is 11.3. The molecule has 1 heterocycles. The van der Waals surface area contributed by atoms with Crippen LogP contribution in [0.1, 0.15) is 35.8 Å². The summed E-state index contributed by atoms with van der Waals surface area (Å²) in [5, 5.41) is 12.0. The second-order valence-corrected chi connectivity index (χ2v) is 7.85. The highest BCUT2D eigenvalue weighted by atomic mass is 32.1. The van der Waals surface area contributed by atoms with Crippen LogP contribution in [-0.2, 0) is 4.79 Å². The maximum atomic E-state index is 11.3. The number of hydrogen-bond acceptors (Lipinski definition) is 4. The van der Waals surface area contributed by atoms with Crippen molar-refractivity contribution in [1.82, 2.24) is 4.98 Å². The van der Waals surface area contributed by atoms with Crippen LogP contribution in [0.4, 0.5) is 0 Å². The summed E-state index contributed by atoms with van der Waals surface area (Å²) in [6.07, 6.45) is 4.31. The summed E-state index contributed by atoms with van der Waals surface area (Å²) >= 11 is 1.49. The van der Waals surface area contributed by atoms with E-state index in [0.29, 0.717) is 0 Å². The van der Waals surface area contributed by atoms with E-state index < -0.39 is 5.97 Å². The number of benzene rings is 2. The summed E-state index contributed by atoms with van der Waals surface area (Å²) < 4.78 is 5.80. The molecule has 0 amide bonds. The molecule has 138 valence electrons. The lowest BCUT2D eigenvalue weighted by Crippen LogP contribution is -2.07. The van der Waals surface area contributed by atoms with Crippen LogP contribution in [0, 0.1) is 5.92 Å². The molecular weight excluding hydrogens is 358 g/mol. The molecule has 1 fully saturated rings. The summed E-state index contributed by atoms with van der Waals surface area (Å²) in [4.78, 5) is 15.7. The van der Waals surface area contributed by atoms with Crippen molar-refractivity contribution in [1.29, 1.82) is 0 Å². The fraction of sp³-hybridized carbons (Fsp3) is 0.273. The molecule has 0 radical (unpaired) electrons. The van der Waals surface area contributed by atoms with Gasteiger partial charge in [0.2, 0.25) is 0 Å². The van der Waals surface area contributed by atoms with Gasteiger partial charge in [-0.25, -0.2) is 4.98 Å². The number of rotatable bonds is 8. The van der Waals surface area contributed by atoms with Gasteiger partial charge in [0.15, 0.2) is 0 Å². The molecule has 0 saturated heterocycles. The van der Waals surface area contributed by atoms with E-state index >= 15 is 0 Å². The Morgan fingerprint density at radius 2 is 2.00 bits per heavy atom. The predicted octanol–water partition coefficient (Wildman–Crippen LogP) is 5.21. The molecule has 4 nitrogen and oxygen atoms in total. The van der Waals surface area contributed by atoms with Crippen molar-refractivity contribution < 1.29 is 14.6 Å². The molecular formula is C22H21NO3S. The number of ether oxygens (including phenoxy) is 1. The van der Waals surface area contributed by atoms with Crippen molar-refractivity contribution in [2.45, 2.75) is 25.2 Å². The Bertz CT molecular complexity index is 902. The summed E-state index contributed by atoms with van der Waals surface area (Å²) in [6.45, 7) is 0.805. The Morgan fingerprint density at radius 1 is 1.19 bits per heavy atom. The number of carbonyl (C=O) groups is 1. The first-order valence-electron chi connectivity index (χ1n) is 9.13. The van der Waals surface area contributed by atoms with Gasteiger partial charge >= 0.3 is 5.97 Å². The van der Waals surface area contributed by atoms with Crippen molar-refractivity contribution in [3.05, 3.63) is 70.7 Å². The van der Waals surface area contributed by atoms with Gasteiger partial charge in [-0.3, -0.25) is 4.79 Å². The highest BCUT2D eigenvalue weighted by Crippen LogP contribution is 2.33. The molecule has 1 aromatic heterocycles. The zero-order valence-electron chi connectivity index (χ0n) is 14.9. The molecule has 1 saturated carbocycles. The van der Waals surface area contributed by atoms with Gasteiger partial charge in [0.25, 0.3) is 0 Å². The summed E-state index contributed by atoms with van der Waals surface area (Å²) in [7, 11) is 0. The van der Waals surface area contributed by atoms with Gasteiger partial charge in [-0.05, 0) is 47.6 Å². The Kier molecular flexibility index (Phi) is 5.21. The number of carboxylic acid groups (broad SMARTS) is 1. The lowest BCUT2D eigenvalue weighted by atomic mass is 9.93. The fourth-order valence-corrected chi connectivity index (χ4v) is 3.87. The standard InChI is InChI=1S/C22H21NO3S/c24-21(25)13-20(22-23-10-11-27-22)18-3-1-2-17(12-18)16-6-8-19(9-7-16)26-14-15-4-5-15/h1-3,6-12,15,20H,4-5,13-14H2,(H,24,25). The topological polar surface area (TPSA) is 59.4 Å². The molecule has 1 aliphatic carbocycles. The van der Waals surface area contributed by atoms with Crippen molar-refractivity contribution >= 4 is 17.3 Å². The minimum Gasteiger partial charge on any atom is -0.493 e. The third-order valence-corrected chi connectivity index (χ3v) is 5.68. The van der Waals surface area contributed by atoms with Crippen LogP contribution < -0.4 is 4.74 Å². The first kappa shape index (κ1) is 17.7. The highest BCUT2D eigenvalue weighted by Gasteiger charge is 2.22. The Hall–Kier alpha value is -2.66. The van der Waals surface area contributed by atoms with E-state index in [4.69, 9.17) is 4.74 Å². The molecule has 1 unspecified atom stereocenters. The van der Waals surface area contributed by atoms with Crippen LogP contribution in [-0.4, -0.2) is 22.7 Å². The zero-order chi connectivity index (χ0) is 18.6. The van der Waals surface area contributed by atoms with Crippen molar-refractivity contribution in [2.24, 2.45) is 5.92 Å². The van der Waals surface area contributed by atoms with E-state index in [9.17, 15) is 9.90 Å². The molecule has 27 heavy (non-hydrogen) atoms. The predicted molar refractivity (Wildman–Crippen MR) is 106 cm³/mol. The van der Waals surface area contributed by atoms with Gasteiger partial charge in [0.05, 0.1) is 13.0 Å². The van der Waals surface area contributed by atoms with Crippen LogP contribution in [0.25, 0.3) is 11.1 Å². The summed E-state index contributed by atoms with van der Waals surface area (Å²) in [6, 6.07) is 16.2. The van der Waals surface area contributed by atoms with Crippen LogP contribution in [0.2, 0.25) is 0 Å².